The zero-order valence-electron chi connectivity index (χ0n) is 11.9. The van der Waals surface area contributed by atoms with Gasteiger partial charge in [-0.05, 0) is 24.3 Å². The fourth-order valence-electron chi connectivity index (χ4n) is 2.68. The lowest BCUT2D eigenvalue weighted by Gasteiger charge is -2.08. The summed E-state index contributed by atoms with van der Waals surface area (Å²) in [5, 5.41) is 1.22. The molecule has 0 spiro atoms. The van der Waals surface area contributed by atoms with Crippen LogP contribution in [0.1, 0.15) is 11.3 Å². The van der Waals surface area contributed by atoms with E-state index >= 15 is 0 Å². The molecule has 21 heavy (non-hydrogen) atoms. The van der Waals surface area contributed by atoms with Crippen LogP contribution < -0.4 is 0 Å². The molecule has 0 aliphatic heterocycles. The normalized spacial score (nSPS) is 11.0. The number of rotatable bonds is 4. The maximum Gasteiger partial charge on any atom is 0.0541 e. The van der Waals surface area contributed by atoms with Gasteiger partial charge < -0.3 is 4.57 Å². The molecule has 102 valence electrons. The predicted molar refractivity (Wildman–Crippen MR) is 92.6 cm³/mol. The molecule has 0 saturated carbocycles. The number of aromatic nitrogens is 1. The van der Waals surface area contributed by atoms with Crippen LogP contribution in [-0.2, 0) is 0 Å². The molecule has 0 radical (unpaired) electrons. The summed E-state index contributed by atoms with van der Waals surface area (Å²) >= 11 is 0. The van der Waals surface area contributed by atoms with Crippen LogP contribution in [0.4, 0.5) is 0 Å². The molecule has 0 fully saturated rings. The summed E-state index contributed by atoms with van der Waals surface area (Å²) in [6.45, 7) is 7.76. The molecule has 0 saturated heterocycles. The van der Waals surface area contributed by atoms with Crippen molar-refractivity contribution in [1.82, 2.24) is 4.57 Å². The molecular formula is C20H17N. The molecule has 0 aliphatic carbocycles. The first-order chi connectivity index (χ1) is 10.4. The van der Waals surface area contributed by atoms with Crippen molar-refractivity contribution in [3.05, 3.63) is 91.2 Å². The zero-order chi connectivity index (χ0) is 14.7. The van der Waals surface area contributed by atoms with Gasteiger partial charge in [-0.25, -0.2) is 0 Å². The van der Waals surface area contributed by atoms with E-state index in [4.69, 9.17) is 0 Å². The van der Waals surface area contributed by atoms with E-state index in [1.165, 1.54) is 16.5 Å². The van der Waals surface area contributed by atoms with Crippen LogP contribution in [0.3, 0.4) is 0 Å². The van der Waals surface area contributed by atoms with Gasteiger partial charge in [-0.1, -0.05) is 67.8 Å². The summed E-state index contributed by atoms with van der Waals surface area (Å²) in [4.78, 5) is 0. The smallest absolute Gasteiger partial charge is 0.0541 e. The van der Waals surface area contributed by atoms with Gasteiger partial charge >= 0.3 is 0 Å². The van der Waals surface area contributed by atoms with E-state index in [1.807, 2.05) is 18.2 Å². The van der Waals surface area contributed by atoms with E-state index in [2.05, 4.69) is 72.3 Å². The van der Waals surface area contributed by atoms with Gasteiger partial charge in [0.25, 0.3) is 0 Å². The average Bonchev–Trinajstić information content (AvgIpc) is 2.87. The summed E-state index contributed by atoms with van der Waals surface area (Å²) in [5.41, 5.74) is 4.59. The van der Waals surface area contributed by atoms with Crippen molar-refractivity contribution in [1.29, 1.82) is 0 Å². The number of hydrogen-bond donors (Lipinski definition) is 0. The van der Waals surface area contributed by atoms with E-state index in [-0.39, 0.29) is 0 Å². The van der Waals surface area contributed by atoms with E-state index in [1.54, 1.807) is 6.08 Å². The monoisotopic (exact) mass is 271 g/mol. The predicted octanol–water partition coefficient (Wildman–Crippen LogP) is 5.47. The molecular weight excluding hydrogens is 254 g/mol. The number of hydrogen-bond acceptors (Lipinski definition) is 0. The number of fused-ring (bicyclic) bond motifs is 1. The van der Waals surface area contributed by atoms with Crippen LogP contribution in [0.25, 0.3) is 28.7 Å². The van der Waals surface area contributed by atoms with E-state index in [9.17, 15) is 0 Å². The molecule has 0 bridgehead atoms. The standard InChI is InChI=1S/C20H17N/c1-3-5-13-17-18-14-9-10-15-20(18)21(19(17)4-2)16-11-7-6-8-12-16/h3-15H,1-2H2/b13-5-. The molecule has 0 N–H and O–H groups in total. The van der Waals surface area contributed by atoms with Crippen LogP contribution in [0.5, 0.6) is 0 Å². The minimum atomic E-state index is 1.10. The first kappa shape index (κ1) is 13.2. The second-order valence-electron chi connectivity index (χ2n) is 4.79. The van der Waals surface area contributed by atoms with Crippen molar-refractivity contribution in [2.45, 2.75) is 0 Å². The molecule has 3 rings (SSSR count). The lowest BCUT2D eigenvalue weighted by molar-refractivity contribution is 1.11. The molecule has 2 aromatic carbocycles. The fourth-order valence-corrected chi connectivity index (χ4v) is 2.68. The molecule has 1 heterocycles. The Morgan fingerprint density at radius 3 is 2.29 bits per heavy atom. The summed E-state index contributed by atoms with van der Waals surface area (Å²) < 4.78 is 2.24. The number of benzene rings is 2. The number of para-hydroxylation sites is 2. The molecule has 1 aromatic heterocycles. The van der Waals surface area contributed by atoms with Crippen LogP contribution in [0.2, 0.25) is 0 Å². The highest BCUT2D eigenvalue weighted by Crippen LogP contribution is 2.31. The van der Waals surface area contributed by atoms with Crippen molar-refractivity contribution in [3.63, 3.8) is 0 Å². The number of allylic oxidation sites excluding steroid dienone is 2. The van der Waals surface area contributed by atoms with E-state index < -0.39 is 0 Å². The topological polar surface area (TPSA) is 4.93 Å². The molecule has 0 unspecified atom stereocenters. The Balaban J connectivity index is 2.41. The molecule has 1 heteroatoms. The third kappa shape index (κ3) is 2.23. The molecule has 0 amide bonds. The van der Waals surface area contributed by atoms with Crippen molar-refractivity contribution < 1.29 is 0 Å². The highest BCUT2D eigenvalue weighted by atomic mass is 15.0. The van der Waals surface area contributed by atoms with Crippen molar-refractivity contribution in [2.75, 3.05) is 0 Å². The first-order valence-corrected chi connectivity index (χ1v) is 6.97. The van der Waals surface area contributed by atoms with E-state index in [0.29, 0.717) is 0 Å². The van der Waals surface area contributed by atoms with Gasteiger partial charge in [0, 0.05) is 16.6 Å². The summed E-state index contributed by atoms with van der Waals surface area (Å²) in [6, 6.07) is 18.8. The van der Waals surface area contributed by atoms with Gasteiger partial charge in [0.1, 0.15) is 0 Å². The van der Waals surface area contributed by atoms with Crippen molar-refractivity contribution in [3.8, 4) is 5.69 Å². The number of nitrogens with zero attached hydrogens (tertiary/aromatic N) is 1. The Labute approximate surface area is 125 Å². The highest BCUT2D eigenvalue weighted by molar-refractivity contribution is 5.95. The summed E-state index contributed by atoms with van der Waals surface area (Å²) in [7, 11) is 0. The van der Waals surface area contributed by atoms with Crippen molar-refractivity contribution in [2.24, 2.45) is 0 Å². The lowest BCUT2D eigenvalue weighted by atomic mass is 10.1. The van der Waals surface area contributed by atoms with Gasteiger partial charge in [-0.15, -0.1) is 0 Å². The maximum absolute atomic E-state index is 4.00. The van der Waals surface area contributed by atoms with Crippen LogP contribution in [-0.4, -0.2) is 4.57 Å². The van der Waals surface area contributed by atoms with Crippen LogP contribution >= 0.6 is 0 Å². The van der Waals surface area contributed by atoms with Crippen LogP contribution in [0.15, 0.2) is 79.9 Å². The van der Waals surface area contributed by atoms with Gasteiger partial charge in [-0.2, -0.15) is 0 Å². The molecule has 1 nitrogen and oxygen atoms in total. The maximum atomic E-state index is 4.00. The Bertz CT molecular complexity index is 820. The SMILES string of the molecule is C=C/C=C\c1c(C=C)n(-c2ccccc2)c2ccccc12. The Hall–Kier alpha value is -2.80. The fraction of sp³-hybridized carbons (Fsp3) is 0. The van der Waals surface area contributed by atoms with Crippen molar-refractivity contribution >= 4 is 23.1 Å². The van der Waals surface area contributed by atoms with Gasteiger partial charge in [0.05, 0.1) is 11.2 Å². The zero-order valence-corrected chi connectivity index (χ0v) is 11.9. The second-order valence-corrected chi connectivity index (χ2v) is 4.79. The third-order valence-corrected chi connectivity index (χ3v) is 3.56. The average molecular weight is 271 g/mol. The minimum absolute atomic E-state index is 1.10. The lowest BCUT2D eigenvalue weighted by Crippen LogP contribution is -1.96. The van der Waals surface area contributed by atoms with E-state index in [0.717, 1.165) is 11.4 Å². The molecule has 3 aromatic rings. The summed E-state index contributed by atoms with van der Waals surface area (Å²) in [6.07, 6.45) is 7.76. The third-order valence-electron chi connectivity index (χ3n) is 3.56. The second kappa shape index (κ2) is 5.68. The Kier molecular flexibility index (Phi) is 3.57. The van der Waals surface area contributed by atoms with Gasteiger partial charge in [-0.3, -0.25) is 0 Å². The summed E-state index contributed by atoms with van der Waals surface area (Å²) in [5.74, 6) is 0. The van der Waals surface area contributed by atoms with Gasteiger partial charge in [0.2, 0.25) is 0 Å². The quantitative estimate of drug-likeness (QED) is 0.554. The Morgan fingerprint density at radius 2 is 1.57 bits per heavy atom. The van der Waals surface area contributed by atoms with Crippen LogP contribution in [0, 0.1) is 0 Å². The largest absolute Gasteiger partial charge is 0.309 e. The Morgan fingerprint density at radius 1 is 0.857 bits per heavy atom. The highest BCUT2D eigenvalue weighted by Gasteiger charge is 2.13. The molecule has 0 aliphatic rings. The minimum Gasteiger partial charge on any atom is -0.309 e. The van der Waals surface area contributed by atoms with Gasteiger partial charge in [0.15, 0.2) is 0 Å². The first-order valence-electron chi connectivity index (χ1n) is 6.97. The molecule has 0 atom stereocenters.